The highest BCUT2D eigenvalue weighted by Gasteiger charge is 2.45. The molecule has 3 aromatic rings. The van der Waals surface area contributed by atoms with Gasteiger partial charge in [0.2, 0.25) is 0 Å². The quantitative estimate of drug-likeness (QED) is 0.327. The average Bonchev–Trinajstić information content (AvgIpc) is 3.37. The summed E-state index contributed by atoms with van der Waals surface area (Å²) < 4.78 is 28.9. The van der Waals surface area contributed by atoms with Crippen LogP contribution in [0.1, 0.15) is 32.3 Å². The van der Waals surface area contributed by atoms with E-state index >= 15 is 0 Å². The lowest BCUT2D eigenvalue weighted by atomic mass is 10.2. The number of para-hydroxylation sites is 1. The Labute approximate surface area is 181 Å². The number of carbonyl (C=O) groups excluding carboxylic acids is 1. The Balaban J connectivity index is 1.67. The van der Waals surface area contributed by atoms with Gasteiger partial charge in [0, 0.05) is 11.2 Å². The molecule has 5 nitrogen and oxygen atoms in total. The largest absolute Gasteiger partial charge is 0.462 e. The first-order valence-electron chi connectivity index (χ1n) is 10.2. The minimum Gasteiger partial charge on any atom is -0.462 e. The summed E-state index contributed by atoms with van der Waals surface area (Å²) in [5.41, 5.74) is 0.933. The van der Waals surface area contributed by atoms with Crippen LogP contribution in [0.3, 0.4) is 0 Å². The number of rotatable bonds is 7. The maximum atomic E-state index is 14.3. The Hall–Kier alpha value is -2.14. The second-order valence-electron chi connectivity index (χ2n) is 7.80. The molecular weight excluding hydrogens is 417 g/mol. The van der Waals surface area contributed by atoms with Crippen molar-refractivity contribution >= 4 is 34.9 Å². The fraction of sp³-hybridized carbons (Fsp3) is 0.348. The normalized spacial score (nSPS) is 19.1. The van der Waals surface area contributed by atoms with E-state index in [1.54, 1.807) is 28.1 Å². The third-order valence-electron chi connectivity index (χ3n) is 5.13. The highest BCUT2D eigenvalue weighted by molar-refractivity contribution is 7.56. The van der Waals surface area contributed by atoms with E-state index in [0.717, 1.165) is 17.4 Å². The van der Waals surface area contributed by atoms with E-state index in [1.807, 2.05) is 43.5 Å². The van der Waals surface area contributed by atoms with Gasteiger partial charge < -0.3 is 9.26 Å². The molecule has 1 unspecified atom stereocenters. The van der Waals surface area contributed by atoms with Crippen molar-refractivity contribution in [2.24, 2.45) is 0 Å². The molecule has 7 heteroatoms. The topological polar surface area (TPSA) is 55.8 Å². The van der Waals surface area contributed by atoms with Gasteiger partial charge in [0.15, 0.2) is 0 Å². The molecule has 0 radical (unpaired) electrons. The van der Waals surface area contributed by atoms with Gasteiger partial charge in [-0.2, -0.15) is 0 Å². The van der Waals surface area contributed by atoms with Crippen molar-refractivity contribution in [1.29, 1.82) is 0 Å². The van der Waals surface area contributed by atoms with Crippen LogP contribution in [0.25, 0.3) is 10.1 Å². The molecule has 1 aliphatic rings. The first kappa shape index (κ1) is 21.1. The highest BCUT2D eigenvalue weighted by atomic mass is 32.1. The van der Waals surface area contributed by atoms with Gasteiger partial charge in [-0.05, 0) is 73.4 Å². The van der Waals surface area contributed by atoms with E-state index < -0.39 is 13.6 Å². The second-order valence-corrected chi connectivity index (χ2v) is 11.0. The van der Waals surface area contributed by atoms with Crippen LogP contribution in [0.15, 0.2) is 60.0 Å². The van der Waals surface area contributed by atoms with Gasteiger partial charge in [-0.25, -0.2) is 4.67 Å². The maximum absolute atomic E-state index is 14.3. The number of fused-ring (bicyclic) bond motifs is 1. The van der Waals surface area contributed by atoms with Crippen LogP contribution in [0.2, 0.25) is 0 Å². The third-order valence-corrected chi connectivity index (χ3v) is 8.55. The molecule has 1 aromatic heterocycles. The standard InChI is InChI=1S/C23H26NO4PS/c1-17(2)27-23(25)21-9-6-13-24(21)29(26,28-20-7-4-3-5-8-20)16-18-10-11-22-19(15-18)12-14-30-22/h3-5,7-8,10-12,14-15,17,21H,6,9,13,16H2,1-2H3/t21-,29?/m0/s1. The molecule has 0 N–H and O–H groups in total. The molecule has 1 aliphatic heterocycles. The van der Waals surface area contributed by atoms with Crippen LogP contribution in [-0.2, 0) is 20.3 Å². The summed E-state index contributed by atoms with van der Waals surface area (Å²) >= 11 is 1.68. The first-order chi connectivity index (χ1) is 14.4. The van der Waals surface area contributed by atoms with E-state index in [4.69, 9.17) is 9.26 Å². The zero-order valence-electron chi connectivity index (χ0n) is 17.2. The minimum absolute atomic E-state index is 0.213. The third kappa shape index (κ3) is 4.61. The zero-order chi connectivity index (χ0) is 21.1. The molecule has 0 spiro atoms. The second kappa shape index (κ2) is 8.93. The van der Waals surface area contributed by atoms with Crippen LogP contribution in [0.5, 0.6) is 5.75 Å². The van der Waals surface area contributed by atoms with E-state index in [-0.39, 0.29) is 18.2 Å². The first-order valence-corrected chi connectivity index (χ1v) is 12.9. The number of nitrogens with zero attached hydrogens (tertiary/aromatic N) is 1. The van der Waals surface area contributed by atoms with Gasteiger partial charge in [-0.1, -0.05) is 24.3 Å². The average molecular weight is 444 g/mol. The van der Waals surface area contributed by atoms with Crippen LogP contribution >= 0.6 is 18.9 Å². The number of ether oxygens (including phenoxy) is 1. The van der Waals surface area contributed by atoms with Gasteiger partial charge >= 0.3 is 13.5 Å². The van der Waals surface area contributed by atoms with E-state index in [9.17, 15) is 9.36 Å². The lowest BCUT2D eigenvalue weighted by Gasteiger charge is -2.32. The van der Waals surface area contributed by atoms with Crippen molar-refractivity contribution in [3.63, 3.8) is 0 Å². The van der Waals surface area contributed by atoms with Gasteiger partial charge in [-0.15, -0.1) is 11.3 Å². The van der Waals surface area contributed by atoms with E-state index in [2.05, 4.69) is 18.2 Å². The van der Waals surface area contributed by atoms with Crippen molar-refractivity contribution in [2.45, 2.75) is 45.0 Å². The van der Waals surface area contributed by atoms with Crippen molar-refractivity contribution in [3.8, 4) is 5.75 Å². The Kier molecular flexibility index (Phi) is 6.28. The summed E-state index contributed by atoms with van der Waals surface area (Å²) in [5.74, 6) is 0.216. The van der Waals surface area contributed by atoms with Gasteiger partial charge in [0.1, 0.15) is 11.8 Å². The van der Waals surface area contributed by atoms with Crippen LogP contribution < -0.4 is 4.52 Å². The number of thiophene rings is 1. The van der Waals surface area contributed by atoms with Crippen molar-refractivity contribution < 1.29 is 18.6 Å². The van der Waals surface area contributed by atoms with Gasteiger partial charge in [0.05, 0.1) is 12.3 Å². The molecule has 1 fully saturated rings. The fourth-order valence-electron chi connectivity index (χ4n) is 3.83. The Morgan fingerprint density at radius 1 is 1.20 bits per heavy atom. The molecule has 2 aromatic carbocycles. The Morgan fingerprint density at radius 3 is 2.77 bits per heavy atom. The van der Waals surface area contributed by atoms with Gasteiger partial charge in [0.25, 0.3) is 0 Å². The highest BCUT2D eigenvalue weighted by Crippen LogP contribution is 2.57. The fourth-order valence-corrected chi connectivity index (χ4v) is 7.15. The zero-order valence-corrected chi connectivity index (χ0v) is 18.9. The SMILES string of the molecule is CC(C)OC(=O)[C@@H]1CCCN1P(=O)(Cc1ccc2sccc2c1)Oc1ccccc1. The molecule has 2 heterocycles. The van der Waals surface area contributed by atoms with E-state index in [1.165, 1.54) is 4.70 Å². The number of hydrogen-bond donors (Lipinski definition) is 0. The monoisotopic (exact) mass is 443 g/mol. The van der Waals surface area contributed by atoms with Crippen molar-refractivity contribution in [1.82, 2.24) is 4.67 Å². The molecular formula is C23H26NO4PS. The number of hydrogen-bond acceptors (Lipinski definition) is 5. The predicted octanol–water partition coefficient (Wildman–Crippen LogP) is 6.09. The summed E-state index contributed by atoms with van der Waals surface area (Å²) in [6.07, 6.45) is 1.43. The smallest absolute Gasteiger partial charge is 0.324 e. The van der Waals surface area contributed by atoms with Crippen molar-refractivity contribution in [3.05, 3.63) is 65.5 Å². The van der Waals surface area contributed by atoms with Crippen molar-refractivity contribution in [2.75, 3.05) is 6.54 Å². The Bertz CT molecular complexity index is 1070. The molecule has 2 atom stereocenters. The lowest BCUT2D eigenvalue weighted by Crippen LogP contribution is -2.37. The molecule has 158 valence electrons. The van der Waals surface area contributed by atoms with Gasteiger partial charge in [-0.3, -0.25) is 9.36 Å². The summed E-state index contributed by atoms with van der Waals surface area (Å²) in [6.45, 7) is 4.20. The summed E-state index contributed by atoms with van der Waals surface area (Å²) in [5, 5.41) is 3.17. The summed E-state index contributed by atoms with van der Waals surface area (Å²) in [7, 11) is -3.39. The number of carbonyl (C=O) groups is 1. The summed E-state index contributed by atoms with van der Waals surface area (Å²) in [6, 6.07) is 16.8. The predicted molar refractivity (Wildman–Crippen MR) is 121 cm³/mol. The molecule has 0 aliphatic carbocycles. The minimum atomic E-state index is -3.39. The molecule has 4 rings (SSSR count). The van der Waals surface area contributed by atoms with Crippen LogP contribution in [0.4, 0.5) is 0 Å². The number of benzene rings is 2. The maximum Gasteiger partial charge on any atom is 0.324 e. The lowest BCUT2D eigenvalue weighted by molar-refractivity contribution is -0.151. The van der Waals surface area contributed by atoms with E-state index in [0.29, 0.717) is 18.7 Å². The molecule has 0 saturated carbocycles. The molecule has 0 bridgehead atoms. The summed E-state index contributed by atoms with van der Waals surface area (Å²) in [4.78, 5) is 12.7. The van der Waals surface area contributed by atoms with Crippen LogP contribution in [-0.4, -0.2) is 29.3 Å². The van der Waals surface area contributed by atoms with Crippen LogP contribution in [0, 0.1) is 0 Å². The number of esters is 1. The molecule has 0 amide bonds. The Morgan fingerprint density at radius 2 is 2.00 bits per heavy atom. The molecule has 1 saturated heterocycles. The molecule has 30 heavy (non-hydrogen) atoms.